The summed E-state index contributed by atoms with van der Waals surface area (Å²) < 4.78 is 11.1. The first-order valence-corrected chi connectivity index (χ1v) is 20.3. The summed E-state index contributed by atoms with van der Waals surface area (Å²) in [6.07, 6.45) is 24.4. The highest BCUT2D eigenvalue weighted by Gasteiger charge is 2.45. The van der Waals surface area contributed by atoms with Crippen molar-refractivity contribution in [2.24, 2.45) is 22.7 Å². The molecule has 0 unspecified atom stereocenters. The van der Waals surface area contributed by atoms with E-state index in [1.165, 1.54) is 103 Å². The van der Waals surface area contributed by atoms with Crippen LogP contribution < -0.4 is 5.32 Å². The maximum Gasteiger partial charge on any atom is 0.410 e. The number of hydrogen-bond acceptors (Lipinski definition) is 6. The predicted molar refractivity (Wildman–Crippen MR) is 198 cm³/mol. The Hall–Kier alpha value is -1.83. The molecule has 2 heterocycles. The third-order valence-electron chi connectivity index (χ3n) is 12.9. The third-order valence-corrected chi connectivity index (χ3v) is 12.9. The van der Waals surface area contributed by atoms with Gasteiger partial charge >= 0.3 is 12.2 Å². The summed E-state index contributed by atoms with van der Waals surface area (Å²) in [4.78, 5) is 40.1. The van der Waals surface area contributed by atoms with Crippen molar-refractivity contribution < 1.29 is 23.9 Å². The molecule has 0 aromatic heterocycles. The number of aldehydes is 1. The van der Waals surface area contributed by atoms with Crippen LogP contribution in [-0.2, 0) is 14.3 Å². The Bertz CT molecular complexity index is 1040. The second kappa shape index (κ2) is 17.1. The summed E-state index contributed by atoms with van der Waals surface area (Å²) >= 11 is 0. The van der Waals surface area contributed by atoms with Gasteiger partial charge in [-0.05, 0) is 129 Å². The molecule has 0 spiro atoms. The first-order chi connectivity index (χ1) is 23.1. The van der Waals surface area contributed by atoms with E-state index in [1.54, 1.807) is 4.90 Å². The molecule has 0 aromatic carbocycles. The fraction of sp³-hybridized carbons (Fsp3) is 0.927. The molecule has 282 valence electrons. The van der Waals surface area contributed by atoms with Crippen LogP contribution in [0.4, 0.5) is 9.59 Å². The van der Waals surface area contributed by atoms with Crippen molar-refractivity contribution in [3.63, 3.8) is 0 Å². The molecule has 3 saturated carbocycles. The number of rotatable bonds is 7. The zero-order valence-corrected chi connectivity index (χ0v) is 32.6. The molecule has 5 aliphatic rings. The molecule has 8 heteroatoms. The van der Waals surface area contributed by atoms with Crippen LogP contribution in [0.3, 0.4) is 0 Å². The second-order valence-corrected chi connectivity index (χ2v) is 18.5. The summed E-state index contributed by atoms with van der Waals surface area (Å²) in [6.45, 7) is 18.0. The minimum absolute atomic E-state index is 0.126. The predicted octanol–water partition coefficient (Wildman–Crippen LogP) is 9.68. The van der Waals surface area contributed by atoms with Crippen LogP contribution in [0.25, 0.3) is 0 Å². The van der Waals surface area contributed by atoms with Gasteiger partial charge < -0.3 is 29.4 Å². The zero-order chi connectivity index (χ0) is 35.8. The van der Waals surface area contributed by atoms with E-state index in [0.717, 1.165) is 51.2 Å². The average Bonchev–Trinajstić information content (AvgIpc) is 3.57. The normalized spacial score (nSPS) is 24.8. The van der Waals surface area contributed by atoms with Crippen molar-refractivity contribution in [2.45, 2.75) is 187 Å². The number of piperidine rings is 2. The van der Waals surface area contributed by atoms with Gasteiger partial charge in [0, 0.05) is 43.7 Å². The van der Waals surface area contributed by atoms with Gasteiger partial charge in [0.15, 0.2) is 0 Å². The van der Waals surface area contributed by atoms with Gasteiger partial charge in [0.1, 0.15) is 17.5 Å². The number of ether oxygens (including phenoxy) is 2. The lowest BCUT2D eigenvalue weighted by Crippen LogP contribution is -2.55. The number of carbonyl (C=O) groups excluding carboxylic acids is 3. The number of likely N-dealkylation sites (tertiary alicyclic amines) is 2. The van der Waals surface area contributed by atoms with Gasteiger partial charge in [-0.1, -0.05) is 58.3 Å². The van der Waals surface area contributed by atoms with Crippen LogP contribution in [0.2, 0.25) is 0 Å². The molecule has 5 rings (SSSR count). The van der Waals surface area contributed by atoms with Crippen molar-refractivity contribution in [2.75, 3.05) is 32.7 Å². The molecular weight excluding hydrogens is 614 g/mol. The van der Waals surface area contributed by atoms with Crippen LogP contribution in [-0.4, -0.2) is 77.7 Å². The van der Waals surface area contributed by atoms with E-state index >= 15 is 0 Å². The lowest BCUT2D eigenvalue weighted by Gasteiger charge is -2.49. The molecule has 49 heavy (non-hydrogen) atoms. The van der Waals surface area contributed by atoms with Crippen LogP contribution in [0.1, 0.15) is 170 Å². The van der Waals surface area contributed by atoms with Crippen molar-refractivity contribution in [3.8, 4) is 0 Å². The highest BCUT2D eigenvalue weighted by molar-refractivity contribution is 5.69. The Morgan fingerprint density at radius 3 is 1.49 bits per heavy atom. The lowest BCUT2D eigenvalue weighted by atomic mass is 9.63. The summed E-state index contributed by atoms with van der Waals surface area (Å²) in [5.41, 5.74) is -0.321. The molecule has 0 bridgehead atoms. The molecular formula is C41H73N3O5. The molecule has 0 atom stereocenters. The summed E-state index contributed by atoms with van der Waals surface area (Å²) in [7, 11) is 0. The quantitative estimate of drug-likeness (QED) is 0.268. The molecule has 2 saturated heterocycles. The lowest BCUT2D eigenvalue weighted by molar-refractivity contribution is -0.123. The monoisotopic (exact) mass is 688 g/mol. The van der Waals surface area contributed by atoms with Crippen LogP contribution in [0, 0.1) is 22.7 Å². The van der Waals surface area contributed by atoms with Crippen LogP contribution in [0.15, 0.2) is 0 Å². The van der Waals surface area contributed by atoms with Gasteiger partial charge in [-0.2, -0.15) is 0 Å². The van der Waals surface area contributed by atoms with Gasteiger partial charge in [0.25, 0.3) is 0 Å². The Labute approximate surface area is 299 Å². The van der Waals surface area contributed by atoms with E-state index in [4.69, 9.17) is 9.47 Å². The van der Waals surface area contributed by atoms with Gasteiger partial charge in [-0.3, -0.25) is 0 Å². The topological polar surface area (TPSA) is 88.2 Å². The van der Waals surface area contributed by atoms with E-state index < -0.39 is 11.2 Å². The van der Waals surface area contributed by atoms with Gasteiger partial charge in [0.2, 0.25) is 0 Å². The minimum Gasteiger partial charge on any atom is -0.444 e. The molecule has 8 nitrogen and oxygen atoms in total. The number of amides is 2. The largest absolute Gasteiger partial charge is 0.444 e. The maximum atomic E-state index is 12.6. The highest BCUT2D eigenvalue weighted by Crippen LogP contribution is 2.47. The molecule has 5 fully saturated rings. The van der Waals surface area contributed by atoms with Gasteiger partial charge in [-0.25, -0.2) is 9.59 Å². The van der Waals surface area contributed by atoms with Crippen molar-refractivity contribution in [3.05, 3.63) is 0 Å². The van der Waals surface area contributed by atoms with Crippen molar-refractivity contribution in [1.82, 2.24) is 15.1 Å². The third kappa shape index (κ3) is 11.1. The first kappa shape index (κ1) is 39.9. The van der Waals surface area contributed by atoms with E-state index in [9.17, 15) is 14.4 Å². The SMILES string of the molecule is CC(C)(C)OC(=O)N1CCC(C=O)(C2CCCCC2)CC1.CCC1(NCC2(C3CCCCC3)CCN(C(=O)OC(C)(C)C)CC2)CCCC1. The maximum absolute atomic E-state index is 12.6. The summed E-state index contributed by atoms with van der Waals surface area (Å²) in [5.74, 6) is 1.34. The average molecular weight is 688 g/mol. The number of hydrogen-bond donors (Lipinski definition) is 1. The van der Waals surface area contributed by atoms with E-state index in [2.05, 4.69) is 12.2 Å². The van der Waals surface area contributed by atoms with Crippen LogP contribution in [0.5, 0.6) is 0 Å². The first-order valence-electron chi connectivity index (χ1n) is 20.3. The second-order valence-electron chi connectivity index (χ2n) is 18.5. The molecule has 0 aromatic rings. The molecule has 1 N–H and O–H groups in total. The molecule has 2 aliphatic heterocycles. The minimum atomic E-state index is -0.459. The molecule has 3 aliphatic carbocycles. The Kier molecular flexibility index (Phi) is 14.0. The smallest absolute Gasteiger partial charge is 0.410 e. The summed E-state index contributed by atoms with van der Waals surface area (Å²) in [5, 5.41) is 4.10. The Morgan fingerprint density at radius 2 is 1.08 bits per heavy atom. The van der Waals surface area contributed by atoms with E-state index in [-0.39, 0.29) is 17.6 Å². The standard InChI is InChI=1S/C24H44N2O2.C17H29NO3/c1-5-24(13-9-10-14-24)25-19-23(20-11-7-6-8-12-20)15-17-26(18-16-23)21(27)28-22(2,3)4;1-16(2,3)21-15(20)18-11-9-17(13-19,10-12-18)14-7-5-4-6-8-14/h20,25H,5-19H2,1-4H3;13-14H,4-12H2,1-3H3. The summed E-state index contributed by atoms with van der Waals surface area (Å²) in [6, 6.07) is 0. The van der Waals surface area contributed by atoms with Crippen molar-refractivity contribution in [1.29, 1.82) is 0 Å². The number of carbonyl (C=O) groups is 3. The van der Waals surface area contributed by atoms with E-state index in [0.29, 0.717) is 30.0 Å². The number of nitrogens with one attached hydrogen (secondary N) is 1. The van der Waals surface area contributed by atoms with E-state index in [1.807, 2.05) is 46.4 Å². The Balaban J connectivity index is 0.000000230. The fourth-order valence-electron chi connectivity index (χ4n) is 9.71. The fourth-order valence-corrected chi connectivity index (χ4v) is 9.71. The number of nitrogens with zero attached hydrogens (tertiary/aromatic N) is 2. The molecule has 2 amide bonds. The zero-order valence-electron chi connectivity index (χ0n) is 32.6. The van der Waals surface area contributed by atoms with Crippen LogP contribution >= 0.6 is 0 Å². The highest BCUT2D eigenvalue weighted by atomic mass is 16.6. The van der Waals surface area contributed by atoms with Crippen molar-refractivity contribution >= 4 is 18.5 Å². The van der Waals surface area contributed by atoms with Gasteiger partial charge in [-0.15, -0.1) is 0 Å². The van der Waals surface area contributed by atoms with Gasteiger partial charge in [0.05, 0.1) is 0 Å². The Morgan fingerprint density at radius 1 is 0.653 bits per heavy atom. The molecule has 0 radical (unpaired) electrons.